The largest absolute Gasteiger partial charge is 0.352 e. The Morgan fingerprint density at radius 1 is 1.25 bits per heavy atom. The third-order valence-electron chi connectivity index (χ3n) is 5.41. The van der Waals surface area contributed by atoms with Crippen molar-refractivity contribution in [3.63, 3.8) is 0 Å². The Bertz CT molecular complexity index is 717. The predicted molar refractivity (Wildman–Crippen MR) is 95.4 cm³/mol. The van der Waals surface area contributed by atoms with E-state index in [1.165, 1.54) is 23.6 Å². The van der Waals surface area contributed by atoms with E-state index in [4.69, 9.17) is 0 Å². The Hall–Kier alpha value is -1.56. The first-order valence-electron chi connectivity index (χ1n) is 8.73. The molecule has 0 aromatic heterocycles. The Morgan fingerprint density at radius 2 is 2.00 bits per heavy atom. The minimum absolute atomic E-state index is 0.149. The van der Waals surface area contributed by atoms with Crippen molar-refractivity contribution in [2.24, 2.45) is 11.8 Å². The van der Waals surface area contributed by atoms with Gasteiger partial charge in [0.15, 0.2) is 0 Å². The van der Waals surface area contributed by atoms with Crippen LogP contribution in [0.4, 0.5) is 5.69 Å². The zero-order valence-electron chi connectivity index (χ0n) is 14.4. The summed E-state index contributed by atoms with van der Waals surface area (Å²) in [7, 11) is -3.52. The number of nitrogens with zero attached hydrogens (tertiary/aromatic N) is 1. The van der Waals surface area contributed by atoms with E-state index in [0.717, 1.165) is 30.6 Å². The molecule has 2 aliphatic carbocycles. The van der Waals surface area contributed by atoms with E-state index >= 15 is 0 Å². The minimum Gasteiger partial charge on any atom is -0.352 e. The zero-order chi connectivity index (χ0) is 17.3. The van der Waals surface area contributed by atoms with Crippen molar-refractivity contribution in [2.75, 3.05) is 17.1 Å². The lowest BCUT2D eigenvalue weighted by molar-refractivity contribution is -0.120. The van der Waals surface area contributed by atoms with Crippen molar-refractivity contribution in [1.29, 1.82) is 0 Å². The number of fused-ring (bicyclic) bond motifs is 2. The number of amides is 1. The van der Waals surface area contributed by atoms with Gasteiger partial charge in [0.1, 0.15) is 6.54 Å². The van der Waals surface area contributed by atoms with Gasteiger partial charge in [-0.05, 0) is 49.1 Å². The van der Waals surface area contributed by atoms with Gasteiger partial charge in [-0.3, -0.25) is 9.10 Å². The molecule has 2 aliphatic rings. The molecule has 0 unspecified atom stereocenters. The van der Waals surface area contributed by atoms with Gasteiger partial charge in [0, 0.05) is 6.04 Å². The van der Waals surface area contributed by atoms with Crippen LogP contribution in [-0.4, -0.2) is 33.2 Å². The van der Waals surface area contributed by atoms with Crippen LogP contribution in [0.3, 0.4) is 0 Å². The quantitative estimate of drug-likeness (QED) is 0.856. The maximum absolute atomic E-state index is 12.5. The summed E-state index contributed by atoms with van der Waals surface area (Å²) in [5.74, 6) is 1.12. The molecular weight excluding hydrogens is 324 g/mol. The molecule has 6 heteroatoms. The van der Waals surface area contributed by atoms with E-state index in [2.05, 4.69) is 5.32 Å². The number of carbonyl (C=O) groups is 1. The molecule has 1 aromatic rings. The van der Waals surface area contributed by atoms with E-state index in [1.54, 1.807) is 12.1 Å². The maximum atomic E-state index is 12.5. The Balaban J connectivity index is 1.74. The predicted octanol–water partition coefficient (Wildman–Crippen LogP) is 2.32. The summed E-state index contributed by atoms with van der Waals surface area (Å²) in [4.78, 5) is 12.5. The van der Waals surface area contributed by atoms with Gasteiger partial charge in [0.05, 0.1) is 11.9 Å². The van der Waals surface area contributed by atoms with Crippen LogP contribution >= 0.6 is 0 Å². The zero-order valence-corrected chi connectivity index (χ0v) is 15.2. The Kier molecular flexibility index (Phi) is 4.85. The lowest BCUT2D eigenvalue weighted by Crippen LogP contribution is -2.45. The first-order chi connectivity index (χ1) is 11.4. The van der Waals surface area contributed by atoms with Crippen LogP contribution in [0.5, 0.6) is 0 Å². The van der Waals surface area contributed by atoms with E-state index in [9.17, 15) is 13.2 Å². The Labute approximate surface area is 144 Å². The fraction of sp³-hybridized carbons (Fsp3) is 0.611. The molecule has 0 saturated heterocycles. The SMILES string of the molecule is CCc1ccccc1N(CC(=O)N[C@@H]1C[C@@H]2CC[C@H]1C2)S(C)(=O)=O. The Morgan fingerprint density at radius 3 is 2.58 bits per heavy atom. The van der Waals surface area contributed by atoms with Crippen molar-refractivity contribution < 1.29 is 13.2 Å². The molecule has 2 bridgehead atoms. The number of nitrogens with one attached hydrogen (secondary N) is 1. The van der Waals surface area contributed by atoms with Crippen molar-refractivity contribution >= 4 is 21.6 Å². The average molecular weight is 350 g/mol. The summed E-state index contributed by atoms with van der Waals surface area (Å²) in [5, 5.41) is 3.08. The number of anilines is 1. The van der Waals surface area contributed by atoms with Crippen LogP contribution in [0, 0.1) is 11.8 Å². The van der Waals surface area contributed by atoms with Gasteiger partial charge in [-0.25, -0.2) is 8.42 Å². The molecular formula is C18H26N2O3S. The summed E-state index contributed by atoms with van der Waals surface area (Å²) in [6, 6.07) is 7.59. The van der Waals surface area contributed by atoms with Gasteiger partial charge >= 0.3 is 0 Å². The molecule has 3 atom stereocenters. The van der Waals surface area contributed by atoms with Crippen LogP contribution in [0.25, 0.3) is 0 Å². The summed E-state index contributed by atoms with van der Waals surface area (Å²) >= 11 is 0. The molecule has 2 saturated carbocycles. The van der Waals surface area contributed by atoms with E-state index < -0.39 is 10.0 Å². The summed E-state index contributed by atoms with van der Waals surface area (Å²) in [6.45, 7) is 1.83. The molecule has 0 aliphatic heterocycles. The van der Waals surface area contributed by atoms with Gasteiger partial charge in [-0.15, -0.1) is 0 Å². The highest BCUT2D eigenvalue weighted by molar-refractivity contribution is 7.92. The summed E-state index contributed by atoms with van der Waals surface area (Å²) < 4.78 is 25.7. The third kappa shape index (κ3) is 3.58. The molecule has 5 nitrogen and oxygen atoms in total. The molecule has 1 N–H and O–H groups in total. The number of carbonyl (C=O) groups excluding carboxylic acids is 1. The minimum atomic E-state index is -3.52. The number of para-hydroxylation sites is 1. The second kappa shape index (κ2) is 6.75. The van der Waals surface area contributed by atoms with Crippen LogP contribution in [0.1, 0.15) is 38.2 Å². The van der Waals surface area contributed by atoms with Crippen LogP contribution in [0.15, 0.2) is 24.3 Å². The van der Waals surface area contributed by atoms with E-state index in [1.807, 2.05) is 19.1 Å². The molecule has 0 spiro atoms. The normalized spacial score (nSPS) is 25.7. The number of benzene rings is 1. The fourth-order valence-electron chi connectivity index (χ4n) is 4.24. The third-order valence-corrected chi connectivity index (χ3v) is 6.54. The molecule has 132 valence electrons. The van der Waals surface area contributed by atoms with Crippen molar-refractivity contribution in [3.8, 4) is 0 Å². The number of hydrogen-bond donors (Lipinski definition) is 1. The molecule has 2 fully saturated rings. The highest BCUT2D eigenvalue weighted by atomic mass is 32.2. The van der Waals surface area contributed by atoms with Crippen LogP contribution in [-0.2, 0) is 21.2 Å². The maximum Gasteiger partial charge on any atom is 0.241 e. The van der Waals surface area contributed by atoms with Crippen molar-refractivity contribution in [3.05, 3.63) is 29.8 Å². The summed E-state index contributed by atoms with van der Waals surface area (Å²) in [5.41, 5.74) is 1.53. The lowest BCUT2D eigenvalue weighted by Gasteiger charge is -2.27. The highest BCUT2D eigenvalue weighted by Crippen LogP contribution is 2.44. The van der Waals surface area contributed by atoms with Crippen molar-refractivity contribution in [2.45, 2.75) is 45.1 Å². The van der Waals surface area contributed by atoms with Gasteiger partial charge < -0.3 is 5.32 Å². The van der Waals surface area contributed by atoms with Crippen LogP contribution in [0.2, 0.25) is 0 Å². The number of aryl methyl sites for hydroxylation is 1. The topological polar surface area (TPSA) is 66.5 Å². The second-order valence-corrected chi connectivity index (χ2v) is 9.01. The summed E-state index contributed by atoms with van der Waals surface area (Å²) in [6.07, 6.45) is 6.58. The van der Waals surface area contributed by atoms with Gasteiger partial charge in [0.2, 0.25) is 15.9 Å². The standard InChI is InChI=1S/C18H26N2O3S/c1-3-14-6-4-5-7-17(14)20(24(2,22)23)12-18(21)19-16-11-13-8-9-15(16)10-13/h4-7,13,15-16H,3,8-12H2,1-2H3,(H,19,21)/t13-,15+,16-/m1/s1. The molecule has 24 heavy (non-hydrogen) atoms. The highest BCUT2D eigenvalue weighted by Gasteiger charge is 2.40. The van der Waals surface area contributed by atoms with Gasteiger partial charge in [0.25, 0.3) is 0 Å². The smallest absolute Gasteiger partial charge is 0.241 e. The molecule has 1 aromatic carbocycles. The van der Waals surface area contributed by atoms with E-state index in [0.29, 0.717) is 11.6 Å². The van der Waals surface area contributed by atoms with Crippen LogP contribution < -0.4 is 9.62 Å². The first-order valence-corrected chi connectivity index (χ1v) is 10.6. The molecule has 3 rings (SSSR count). The van der Waals surface area contributed by atoms with E-state index in [-0.39, 0.29) is 18.5 Å². The number of hydrogen-bond acceptors (Lipinski definition) is 3. The molecule has 0 heterocycles. The number of rotatable bonds is 6. The van der Waals surface area contributed by atoms with Gasteiger partial charge in [-0.1, -0.05) is 31.5 Å². The average Bonchev–Trinajstić information content (AvgIpc) is 3.14. The first kappa shape index (κ1) is 17.3. The molecule has 0 radical (unpaired) electrons. The lowest BCUT2D eigenvalue weighted by atomic mass is 9.95. The fourth-order valence-corrected chi connectivity index (χ4v) is 5.13. The number of sulfonamides is 1. The van der Waals surface area contributed by atoms with Gasteiger partial charge in [-0.2, -0.15) is 0 Å². The second-order valence-electron chi connectivity index (χ2n) is 7.10. The van der Waals surface area contributed by atoms with Crippen molar-refractivity contribution in [1.82, 2.24) is 5.32 Å². The monoisotopic (exact) mass is 350 g/mol. The molecule has 1 amide bonds.